The Bertz CT molecular complexity index is 916. The van der Waals surface area contributed by atoms with E-state index in [0.29, 0.717) is 17.6 Å². The van der Waals surface area contributed by atoms with Crippen LogP contribution in [-0.2, 0) is 6.18 Å². The van der Waals surface area contributed by atoms with Gasteiger partial charge in [0.2, 0.25) is 0 Å². The number of carbonyl (C=O) groups excluding carboxylic acids is 1. The number of rotatable bonds is 6. The van der Waals surface area contributed by atoms with E-state index in [9.17, 15) is 18.0 Å². The fraction of sp³-hybridized carbons (Fsp3) is 0.458. The molecule has 1 aliphatic heterocycles. The van der Waals surface area contributed by atoms with Gasteiger partial charge in [0.1, 0.15) is 0 Å². The number of anilines is 1. The van der Waals surface area contributed by atoms with E-state index in [0.717, 1.165) is 31.0 Å². The first-order valence-corrected chi connectivity index (χ1v) is 10.8. The molecule has 1 heterocycles. The summed E-state index contributed by atoms with van der Waals surface area (Å²) in [7, 11) is 2.17. The maximum atomic E-state index is 12.9. The smallest absolute Gasteiger partial charge is 0.322 e. The van der Waals surface area contributed by atoms with Gasteiger partial charge in [0.15, 0.2) is 0 Å². The highest BCUT2D eigenvalue weighted by atomic mass is 35.5. The van der Waals surface area contributed by atoms with Crippen LogP contribution < -0.4 is 10.6 Å². The Morgan fingerprint density at radius 1 is 1.06 bits per heavy atom. The fourth-order valence-electron chi connectivity index (χ4n) is 4.23. The molecule has 2 atom stereocenters. The summed E-state index contributed by atoms with van der Waals surface area (Å²) in [5.41, 5.74) is 0.947. The minimum absolute atomic E-state index is 0. The van der Waals surface area contributed by atoms with Gasteiger partial charge in [-0.1, -0.05) is 18.2 Å². The predicted octanol–water partition coefficient (Wildman–Crippen LogP) is 5.59. The molecule has 2 aliphatic rings. The Labute approximate surface area is 205 Å². The number of hydrogen-bond acceptors (Lipinski definition) is 3. The van der Waals surface area contributed by atoms with Gasteiger partial charge in [0.05, 0.1) is 5.56 Å². The molecule has 1 aliphatic carbocycles. The van der Waals surface area contributed by atoms with E-state index in [1.54, 1.807) is 0 Å². The Morgan fingerprint density at radius 2 is 1.73 bits per heavy atom. The minimum Gasteiger partial charge on any atom is -0.322 e. The second-order valence-electron chi connectivity index (χ2n) is 8.76. The Hall–Kier alpha value is -1.80. The molecule has 0 spiro atoms. The first-order chi connectivity index (χ1) is 14.8. The first-order valence-electron chi connectivity index (χ1n) is 10.8. The number of nitrogens with zero attached hydrogens (tertiary/aromatic N) is 1. The van der Waals surface area contributed by atoms with Crippen LogP contribution in [0.3, 0.4) is 0 Å². The van der Waals surface area contributed by atoms with Crippen LogP contribution in [-0.4, -0.2) is 43.5 Å². The number of nitrogens with one attached hydrogen (secondary N) is 2. The highest BCUT2D eigenvalue weighted by Gasteiger charge is 2.38. The van der Waals surface area contributed by atoms with Crippen molar-refractivity contribution in [3.8, 4) is 0 Å². The maximum absolute atomic E-state index is 12.9. The second-order valence-corrected chi connectivity index (χ2v) is 8.76. The lowest BCUT2D eigenvalue weighted by Crippen LogP contribution is -2.35. The van der Waals surface area contributed by atoms with Gasteiger partial charge >= 0.3 is 6.18 Å². The molecule has 33 heavy (non-hydrogen) atoms. The van der Waals surface area contributed by atoms with Gasteiger partial charge in [-0.05, 0) is 87.8 Å². The van der Waals surface area contributed by atoms with Crippen LogP contribution in [0.2, 0.25) is 0 Å². The average molecular weight is 504 g/mol. The number of hydrogen-bond donors (Lipinski definition) is 2. The summed E-state index contributed by atoms with van der Waals surface area (Å²) in [6.07, 6.45) is -0.856. The van der Waals surface area contributed by atoms with Gasteiger partial charge in [-0.3, -0.25) is 4.79 Å². The topological polar surface area (TPSA) is 44.4 Å². The number of piperidine rings is 1. The third kappa shape index (κ3) is 7.34. The van der Waals surface area contributed by atoms with Crippen LogP contribution in [0, 0.1) is 5.92 Å². The number of likely N-dealkylation sites (tertiary alicyclic amines) is 1. The van der Waals surface area contributed by atoms with Crippen LogP contribution in [0.1, 0.15) is 46.7 Å². The van der Waals surface area contributed by atoms with Crippen molar-refractivity contribution in [1.82, 2.24) is 10.2 Å². The highest BCUT2D eigenvalue weighted by Crippen LogP contribution is 2.41. The Morgan fingerprint density at radius 3 is 2.36 bits per heavy atom. The van der Waals surface area contributed by atoms with Gasteiger partial charge in [-0.15, -0.1) is 24.8 Å². The van der Waals surface area contributed by atoms with Gasteiger partial charge < -0.3 is 15.5 Å². The van der Waals surface area contributed by atoms with Gasteiger partial charge in [0.25, 0.3) is 5.91 Å². The van der Waals surface area contributed by atoms with E-state index < -0.39 is 17.6 Å². The third-order valence-electron chi connectivity index (χ3n) is 6.35. The molecule has 4 rings (SSSR count). The van der Waals surface area contributed by atoms with Crippen molar-refractivity contribution in [2.24, 2.45) is 5.92 Å². The van der Waals surface area contributed by atoms with Crippen LogP contribution in [0.15, 0.2) is 48.5 Å². The zero-order chi connectivity index (χ0) is 22.0. The highest BCUT2D eigenvalue weighted by molar-refractivity contribution is 6.04. The van der Waals surface area contributed by atoms with E-state index in [4.69, 9.17) is 0 Å². The summed E-state index contributed by atoms with van der Waals surface area (Å²) >= 11 is 0. The monoisotopic (exact) mass is 503 g/mol. The van der Waals surface area contributed by atoms with Gasteiger partial charge in [-0.25, -0.2) is 0 Å². The first kappa shape index (κ1) is 27.4. The van der Waals surface area contributed by atoms with Gasteiger partial charge in [0, 0.05) is 23.2 Å². The number of halogens is 5. The molecule has 1 saturated carbocycles. The molecule has 1 amide bonds. The molecule has 4 nitrogen and oxygen atoms in total. The standard InChI is InChI=1S/C24H28F3N3O.2ClH/c1-30-11-9-16(10-12-30)15-28-22-14-21(22)17-5-7-20(8-6-17)29-23(31)18-3-2-4-19(13-18)24(25,26)27;;/h2-8,13,16,21-22,28H,9-12,14-15H2,1H3,(H,29,31);2*1H. The Kier molecular flexibility index (Phi) is 9.61. The molecule has 0 radical (unpaired) electrons. The molecule has 0 aromatic heterocycles. The second kappa shape index (κ2) is 11.6. The van der Waals surface area contributed by atoms with Crippen LogP contribution in [0.25, 0.3) is 0 Å². The van der Waals surface area contributed by atoms with Gasteiger partial charge in [-0.2, -0.15) is 13.2 Å². The summed E-state index contributed by atoms with van der Waals surface area (Å²) in [5, 5.41) is 6.38. The van der Waals surface area contributed by atoms with Crippen molar-refractivity contribution in [1.29, 1.82) is 0 Å². The average Bonchev–Trinajstić information content (AvgIpc) is 3.53. The van der Waals surface area contributed by atoms with Crippen molar-refractivity contribution in [2.75, 3.05) is 32.0 Å². The van der Waals surface area contributed by atoms with E-state index in [1.165, 1.54) is 43.6 Å². The largest absolute Gasteiger partial charge is 0.416 e. The summed E-state index contributed by atoms with van der Waals surface area (Å²) in [5.74, 6) is 0.688. The Balaban J connectivity index is 0.00000193. The van der Waals surface area contributed by atoms with E-state index >= 15 is 0 Å². The molecule has 2 N–H and O–H groups in total. The molecule has 2 unspecified atom stereocenters. The lowest BCUT2D eigenvalue weighted by Gasteiger charge is -2.29. The van der Waals surface area contributed by atoms with Crippen LogP contribution in [0.4, 0.5) is 18.9 Å². The normalized spacial score (nSPS) is 21.0. The number of benzene rings is 2. The van der Waals surface area contributed by atoms with Crippen molar-refractivity contribution in [3.63, 3.8) is 0 Å². The summed E-state index contributed by atoms with van der Waals surface area (Å²) in [6.45, 7) is 3.42. The molecule has 2 aromatic rings. The molecule has 0 bridgehead atoms. The zero-order valence-corrected chi connectivity index (χ0v) is 20.0. The van der Waals surface area contributed by atoms with Crippen molar-refractivity contribution in [2.45, 2.75) is 37.4 Å². The maximum Gasteiger partial charge on any atom is 0.416 e. The number of alkyl halides is 3. The van der Waals surface area contributed by atoms with E-state index in [1.807, 2.05) is 24.3 Å². The van der Waals surface area contributed by atoms with Crippen LogP contribution in [0.5, 0.6) is 0 Å². The van der Waals surface area contributed by atoms with Crippen molar-refractivity contribution in [3.05, 3.63) is 65.2 Å². The van der Waals surface area contributed by atoms with Crippen molar-refractivity contribution < 1.29 is 18.0 Å². The molecule has 2 aromatic carbocycles. The summed E-state index contributed by atoms with van der Waals surface area (Å²) in [4.78, 5) is 14.7. The molecule has 2 fully saturated rings. The molecular formula is C24H30Cl2F3N3O. The lowest BCUT2D eigenvalue weighted by molar-refractivity contribution is -0.137. The third-order valence-corrected chi connectivity index (χ3v) is 6.35. The van der Waals surface area contributed by atoms with E-state index in [2.05, 4.69) is 22.6 Å². The molecule has 182 valence electrons. The SMILES string of the molecule is CN1CCC(CNC2CC2c2ccc(NC(=O)c3cccc(C(F)(F)F)c3)cc2)CC1.Cl.Cl. The molecule has 9 heteroatoms. The zero-order valence-electron chi connectivity index (χ0n) is 18.4. The minimum atomic E-state index is -4.47. The number of amides is 1. The molecular weight excluding hydrogens is 474 g/mol. The quantitative estimate of drug-likeness (QED) is 0.540. The fourth-order valence-corrected chi connectivity index (χ4v) is 4.23. The van der Waals surface area contributed by atoms with E-state index in [-0.39, 0.29) is 30.4 Å². The lowest BCUT2D eigenvalue weighted by atomic mass is 9.97. The van der Waals surface area contributed by atoms with Crippen molar-refractivity contribution >= 4 is 36.4 Å². The summed E-state index contributed by atoms with van der Waals surface area (Å²) in [6, 6.07) is 12.6. The predicted molar refractivity (Wildman–Crippen MR) is 130 cm³/mol. The number of carbonyl (C=O) groups is 1. The summed E-state index contributed by atoms with van der Waals surface area (Å²) < 4.78 is 38.6. The van der Waals surface area contributed by atoms with Crippen LogP contribution >= 0.6 is 24.8 Å². The molecule has 1 saturated heterocycles.